The molecule has 27 heavy (non-hydrogen) atoms. The van der Waals surface area contributed by atoms with Gasteiger partial charge in [-0.15, -0.1) is 0 Å². The zero-order valence-electron chi connectivity index (χ0n) is 15.7. The monoisotopic (exact) mass is 376 g/mol. The lowest BCUT2D eigenvalue weighted by molar-refractivity contribution is -0.115. The van der Waals surface area contributed by atoms with E-state index in [1.807, 2.05) is 48.5 Å². The molecular weight excluding hydrogens is 352 g/mol. The smallest absolute Gasteiger partial charge is 0.242 e. The summed E-state index contributed by atoms with van der Waals surface area (Å²) in [5, 5.41) is 3.68. The zero-order chi connectivity index (χ0) is 19.1. The topological polar surface area (TPSA) is 42.0 Å². The molecule has 3 nitrogen and oxygen atoms in total. The highest BCUT2D eigenvalue weighted by molar-refractivity contribution is 8.00. The van der Waals surface area contributed by atoms with Gasteiger partial charge in [-0.05, 0) is 41.7 Å². The van der Waals surface area contributed by atoms with Crippen LogP contribution in [0.25, 0.3) is 0 Å². The van der Waals surface area contributed by atoms with Crippen LogP contribution in [0.15, 0.2) is 78.0 Å². The molecule has 0 radical (unpaired) electrons. The molecule has 0 unspecified atom stereocenters. The molecule has 1 heterocycles. The maximum absolute atomic E-state index is 13.3. The Morgan fingerprint density at radius 1 is 0.926 bits per heavy atom. The first kappa shape index (κ1) is 19.2. The first-order chi connectivity index (χ1) is 13.2. The maximum atomic E-state index is 13.3. The number of hydrogen-bond acceptors (Lipinski definition) is 3. The van der Waals surface area contributed by atoms with Crippen LogP contribution < -0.4 is 5.32 Å². The molecule has 138 valence electrons. The summed E-state index contributed by atoms with van der Waals surface area (Å²) in [4.78, 5) is 17.7. The van der Waals surface area contributed by atoms with Gasteiger partial charge in [0.1, 0.15) is 5.25 Å². The Balaban J connectivity index is 1.92. The van der Waals surface area contributed by atoms with Gasteiger partial charge in [0.25, 0.3) is 0 Å². The molecule has 1 amide bonds. The number of aryl methyl sites for hydroxylation is 2. The number of pyridine rings is 1. The van der Waals surface area contributed by atoms with E-state index in [0.29, 0.717) is 0 Å². The summed E-state index contributed by atoms with van der Waals surface area (Å²) < 4.78 is 0. The lowest BCUT2D eigenvalue weighted by Gasteiger charge is -2.20. The predicted molar refractivity (Wildman–Crippen MR) is 113 cm³/mol. The Kier molecular flexibility index (Phi) is 6.66. The third-order valence-corrected chi connectivity index (χ3v) is 5.67. The minimum atomic E-state index is -0.365. The molecule has 0 aliphatic rings. The highest BCUT2D eigenvalue weighted by Gasteiger charge is 2.24. The number of amides is 1. The van der Waals surface area contributed by atoms with E-state index in [9.17, 15) is 4.79 Å². The van der Waals surface area contributed by atoms with E-state index >= 15 is 0 Å². The Morgan fingerprint density at radius 3 is 2.19 bits per heavy atom. The van der Waals surface area contributed by atoms with Crippen LogP contribution in [0.1, 0.15) is 35.8 Å². The summed E-state index contributed by atoms with van der Waals surface area (Å²) in [6.45, 7) is 4.23. The number of nitrogens with one attached hydrogen (secondary N) is 1. The van der Waals surface area contributed by atoms with Crippen LogP contribution in [-0.2, 0) is 17.6 Å². The van der Waals surface area contributed by atoms with Crippen LogP contribution in [0.2, 0.25) is 0 Å². The maximum Gasteiger partial charge on any atom is 0.242 e. The number of carbonyl (C=O) groups is 1. The first-order valence-electron chi connectivity index (χ1n) is 9.27. The highest BCUT2D eigenvalue weighted by Crippen LogP contribution is 2.36. The average molecular weight is 377 g/mol. The lowest BCUT2D eigenvalue weighted by Crippen LogP contribution is -2.21. The lowest BCUT2D eigenvalue weighted by atomic mass is 10.0. The molecule has 0 aliphatic carbocycles. The molecule has 3 aromatic rings. The average Bonchev–Trinajstić information content (AvgIpc) is 2.73. The number of benzene rings is 2. The summed E-state index contributed by atoms with van der Waals surface area (Å²) in [5.74, 6) is -0.0209. The van der Waals surface area contributed by atoms with Crippen molar-refractivity contribution in [3.05, 3.63) is 89.6 Å². The molecule has 1 aromatic heterocycles. The second-order valence-electron chi connectivity index (χ2n) is 6.22. The van der Waals surface area contributed by atoms with Gasteiger partial charge in [0.15, 0.2) is 0 Å². The fourth-order valence-electron chi connectivity index (χ4n) is 3.03. The molecule has 0 bridgehead atoms. The molecule has 2 aromatic carbocycles. The number of anilines is 1. The molecule has 0 fully saturated rings. The second kappa shape index (κ2) is 9.38. The summed E-state index contributed by atoms with van der Waals surface area (Å²) in [5.41, 5.74) is 4.25. The van der Waals surface area contributed by atoms with Gasteiger partial charge in [0.05, 0.1) is 5.03 Å². The number of hydrogen-bond donors (Lipinski definition) is 1. The van der Waals surface area contributed by atoms with Gasteiger partial charge in [0.2, 0.25) is 5.91 Å². The van der Waals surface area contributed by atoms with E-state index < -0.39 is 0 Å². The van der Waals surface area contributed by atoms with Gasteiger partial charge in [-0.1, -0.05) is 80.2 Å². The summed E-state index contributed by atoms with van der Waals surface area (Å²) >= 11 is 1.47. The van der Waals surface area contributed by atoms with Crippen LogP contribution in [0, 0.1) is 0 Å². The third-order valence-electron chi connectivity index (χ3n) is 4.46. The quantitative estimate of drug-likeness (QED) is 0.540. The first-order valence-corrected chi connectivity index (χ1v) is 10.1. The van der Waals surface area contributed by atoms with Crippen LogP contribution in [0.3, 0.4) is 0 Å². The molecule has 1 atom stereocenters. The summed E-state index contributed by atoms with van der Waals surface area (Å²) in [6.07, 6.45) is 3.52. The van der Waals surface area contributed by atoms with Gasteiger partial charge < -0.3 is 5.32 Å². The van der Waals surface area contributed by atoms with Gasteiger partial charge in [-0.25, -0.2) is 4.98 Å². The van der Waals surface area contributed by atoms with E-state index in [1.165, 1.54) is 11.8 Å². The fraction of sp³-hybridized carbons (Fsp3) is 0.217. The standard InChI is InChI=1S/C23H24N2OS/c1-3-17-13-10-14-18(4-2)21(17)25-23(26)22(19-11-6-5-7-12-19)27-20-15-8-9-16-24-20/h5-16,22H,3-4H2,1-2H3,(H,25,26)/t22-/m1/s1. The van der Waals surface area contributed by atoms with Crippen molar-refractivity contribution in [2.75, 3.05) is 5.32 Å². The Bertz CT molecular complexity index is 859. The third kappa shape index (κ3) is 4.77. The summed E-state index contributed by atoms with van der Waals surface area (Å²) in [7, 11) is 0. The number of carbonyl (C=O) groups excluding carboxylic acids is 1. The molecular formula is C23H24N2OS. The normalized spacial score (nSPS) is 11.8. The van der Waals surface area contributed by atoms with Gasteiger partial charge in [-0.3, -0.25) is 4.79 Å². The number of aromatic nitrogens is 1. The molecule has 3 rings (SSSR count). The van der Waals surface area contributed by atoms with Crippen LogP contribution in [-0.4, -0.2) is 10.9 Å². The molecule has 0 saturated carbocycles. The van der Waals surface area contributed by atoms with Crippen LogP contribution in [0.5, 0.6) is 0 Å². The molecule has 0 aliphatic heterocycles. The van der Waals surface area contributed by atoms with Gasteiger partial charge >= 0.3 is 0 Å². The van der Waals surface area contributed by atoms with E-state index in [-0.39, 0.29) is 11.2 Å². The van der Waals surface area contributed by atoms with Crippen molar-refractivity contribution < 1.29 is 4.79 Å². The van der Waals surface area contributed by atoms with E-state index in [1.54, 1.807) is 6.20 Å². The van der Waals surface area contributed by atoms with Crippen molar-refractivity contribution in [1.29, 1.82) is 0 Å². The molecule has 1 N–H and O–H groups in total. The Hall–Kier alpha value is -2.59. The largest absolute Gasteiger partial charge is 0.324 e. The Labute approximate surface area is 165 Å². The minimum Gasteiger partial charge on any atom is -0.324 e. The van der Waals surface area contributed by atoms with Gasteiger partial charge in [-0.2, -0.15) is 0 Å². The predicted octanol–water partition coefficient (Wildman–Crippen LogP) is 5.68. The second-order valence-corrected chi connectivity index (χ2v) is 7.35. The van der Waals surface area contributed by atoms with Crippen molar-refractivity contribution in [3.8, 4) is 0 Å². The number of para-hydroxylation sites is 1. The fourth-order valence-corrected chi connectivity index (χ4v) is 4.01. The van der Waals surface area contributed by atoms with Crippen molar-refractivity contribution in [1.82, 2.24) is 4.98 Å². The van der Waals surface area contributed by atoms with Crippen molar-refractivity contribution in [3.63, 3.8) is 0 Å². The molecule has 0 spiro atoms. The summed E-state index contributed by atoms with van der Waals surface area (Å²) in [6, 6.07) is 21.9. The van der Waals surface area contributed by atoms with Crippen molar-refractivity contribution in [2.24, 2.45) is 0 Å². The van der Waals surface area contributed by atoms with E-state index in [0.717, 1.165) is 40.2 Å². The van der Waals surface area contributed by atoms with E-state index in [2.05, 4.69) is 42.3 Å². The van der Waals surface area contributed by atoms with Crippen molar-refractivity contribution >= 4 is 23.4 Å². The number of thioether (sulfide) groups is 1. The molecule has 4 heteroatoms. The van der Waals surface area contributed by atoms with E-state index in [4.69, 9.17) is 0 Å². The minimum absolute atomic E-state index is 0.0209. The van der Waals surface area contributed by atoms with Crippen LogP contribution in [0.4, 0.5) is 5.69 Å². The van der Waals surface area contributed by atoms with Crippen LogP contribution >= 0.6 is 11.8 Å². The highest BCUT2D eigenvalue weighted by atomic mass is 32.2. The molecule has 0 saturated heterocycles. The number of rotatable bonds is 7. The van der Waals surface area contributed by atoms with Gasteiger partial charge in [0, 0.05) is 11.9 Å². The SMILES string of the molecule is CCc1cccc(CC)c1NC(=O)[C@H](Sc1ccccn1)c1ccccc1. The zero-order valence-corrected chi connectivity index (χ0v) is 16.5. The van der Waals surface area contributed by atoms with Crippen molar-refractivity contribution in [2.45, 2.75) is 37.0 Å². The number of nitrogens with zero attached hydrogens (tertiary/aromatic N) is 1. The Morgan fingerprint density at radius 2 is 1.59 bits per heavy atom.